The highest BCUT2D eigenvalue weighted by atomic mass is 16.5. The number of hydrogen-bond acceptors (Lipinski definition) is 4. The summed E-state index contributed by atoms with van der Waals surface area (Å²) >= 11 is 0. The Bertz CT molecular complexity index is 2110. The maximum atomic E-state index is 6.49. The van der Waals surface area contributed by atoms with Gasteiger partial charge >= 0.3 is 0 Å². The molecule has 1 aliphatic heterocycles. The number of ether oxygens (including phenoxy) is 1. The van der Waals surface area contributed by atoms with E-state index in [0.29, 0.717) is 5.82 Å². The fourth-order valence-electron chi connectivity index (χ4n) is 6.91. The molecule has 0 N–H and O–H groups in total. The molecule has 0 saturated carbocycles. The van der Waals surface area contributed by atoms with E-state index in [-0.39, 0.29) is 0 Å². The van der Waals surface area contributed by atoms with E-state index in [1.807, 2.05) is 60.8 Å². The molecule has 0 fully saturated rings. The van der Waals surface area contributed by atoms with Gasteiger partial charge in [0.25, 0.3) is 0 Å². The van der Waals surface area contributed by atoms with Crippen molar-refractivity contribution in [2.24, 2.45) is 0 Å². The second-order valence-electron chi connectivity index (χ2n) is 11.2. The van der Waals surface area contributed by atoms with Crippen LogP contribution in [0, 0.1) is 0 Å². The van der Waals surface area contributed by atoms with Gasteiger partial charge in [-0.1, -0.05) is 115 Å². The summed E-state index contributed by atoms with van der Waals surface area (Å²) in [5.74, 6) is 2.39. The largest absolute Gasteiger partial charge is 0.457 e. The van der Waals surface area contributed by atoms with Gasteiger partial charge in [-0.2, -0.15) is 0 Å². The average molecular weight is 564 g/mol. The minimum Gasteiger partial charge on any atom is -0.457 e. The van der Waals surface area contributed by atoms with E-state index in [1.54, 1.807) is 0 Å². The van der Waals surface area contributed by atoms with Crippen molar-refractivity contribution in [2.45, 2.75) is 5.41 Å². The van der Waals surface area contributed by atoms with E-state index >= 15 is 0 Å². The Kier molecular flexibility index (Phi) is 5.38. The topological polar surface area (TPSA) is 47.9 Å². The van der Waals surface area contributed by atoms with Gasteiger partial charge in [0, 0.05) is 39.6 Å². The van der Waals surface area contributed by atoms with E-state index in [9.17, 15) is 0 Å². The second-order valence-corrected chi connectivity index (χ2v) is 11.2. The predicted octanol–water partition coefficient (Wildman–Crippen LogP) is 9.34. The van der Waals surface area contributed by atoms with Gasteiger partial charge in [0.1, 0.15) is 11.5 Å². The first-order valence-electron chi connectivity index (χ1n) is 14.8. The van der Waals surface area contributed by atoms with Gasteiger partial charge in [0.15, 0.2) is 5.82 Å². The molecule has 1 spiro atoms. The zero-order valence-corrected chi connectivity index (χ0v) is 23.7. The van der Waals surface area contributed by atoms with Gasteiger partial charge in [-0.3, -0.25) is 4.98 Å². The van der Waals surface area contributed by atoms with Crippen molar-refractivity contribution in [3.05, 3.63) is 174 Å². The number of aromatic nitrogens is 3. The van der Waals surface area contributed by atoms with Crippen molar-refractivity contribution < 1.29 is 4.74 Å². The Morgan fingerprint density at radius 1 is 0.455 bits per heavy atom. The predicted molar refractivity (Wildman–Crippen MR) is 174 cm³/mol. The highest BCUT2D eigenvalue weighted by molar-refractivity contribution is 5.89. The summed E-state index contributed by atoms with van der Waals surface area (Å²) in [6.45, 7) is 0. The third-order valence-electron chi connectivity index (χ3n) is 8.80. The van der Waals surface area contributed by atoms with E-state index in [1.165, 1.54) is 11.1 Å². The second kappa shape index (κ2) is 9.58. The lowest BCUT2D eigenvalue weighted by molar-refractivity contribution is 0.434. The Morgan fingerprint density at radius 2 is 1.07 bits per heavy atom. The number of rotatable bonds is 3. The van der Waals surface area contributed by atoms with Crippen molar-refractivity contribution in [3.8, 4) is 56.5 Å². The van der Waals surface area contributed by atoms with Crippen molar-refractivity contribution in [3.63, 3.8) is 0 Å². The Hall–Kier alpha value is -5.87. The van der Waals surface area contributed by atoms with Crippen LogP contribution in [0.4, 0.5) is 0 Å². The SMILES string of the molecule is c1ccc(-c2cc(-c3ccc4c(c3)C3(c5ccccc5Oc5ccccc53)c3ncccc3-4)nc(-c3ccccc3)n2)cc1. The van der Waals surface area contributed by atoms with E-state index in [2.05, 4.69) is 91.0 Å². The molecular weight excluding hydrogens is 538 g/mol. The Morgan fingerprint density at radius 3 is 1.77 bits per heavy atom. The first-order valence-corrected chi connectivity index (χ1v) is 14.8. The molecule has 7 aromatic rings. The molecule has 2 aromatic heterocycles. The van der Waals surface area contributed by atoms with Gasteiger partial charge in [0.2, 0.25) is 0 Å². The van der Waals surface area contributed by atoms with Crippen LogP contribution in [0.2, 0.25) is 0 Å². The molecule has 0 unspecified atom stereocenters. The average Bonchev–Trinajstić information content (AvgIpc) is 3.39. The van der Waals surface area contributed by atoms with Crippen LogP contribution in [-0.2, 0) is 5.41 Å². The van der Waals surface area contributed by atoms with Crippen LogP contribution >= 0.6 is 0 Å². The van der Waals surface area contributed by atoms with Crippen LogP contribution in [0.15, 0.2) is 152 Å². The van der Waals surface area contributed by atoms with Crippen LogP contribution < -0.4 is 4.74 Å². The first kappa shape index (κ1) is 24.7. The minimum atomic E-state index is -0.634. The normalized spacial score (nSPS) is 13.4. The van der Waals surface area contributed by atoms with Crippen molar-refractivity contribution in [1.82, 2.24) is 15.0 Å². The Labute approximate surface area is 255 Å². The number of pyridine rings is 1. The molecule has 2 aliphatic rings. The molecule has 3 heterocycles. The molecule has 9 rings (SSSR count). The molecule has 0 radical (unpaired) electrons. The zero-order chi connectivity index (χ0) is 29.1. The maximum Gasteiger partial charge on any atom is 0.160 e. The molecular formula is C40H25N3O. The molecule has 44 heavy (non-hydrogen) atoms. The number of benzene rings is 5. The number of hydrogen-bond donors (Lipinski definition) is 0. The molecule has 206 valence electrons. The van der Waals surface area contributed by atoms with Crippen LogP contribution in [0.3, 0.4) is 0 Å². The van der Waals surface area contributed by atoms with E-state index in [4.69, 9.17) is 19.7 Å². The van der Waals surface area contributed by atoms with Crippen molar-refractivity contribution >= 4 is 0 Å². The molecule has 0 amide bonds. The van der Waals surface area contributed by atoms with E-state index < -0.39 is 5.41 Å². The summed E-state index contributed by atoms with van der Waals surface area (Å²) in [6, 6.07) is 50.2. The summed E-state index contributed by atoms with van der Waals surface area (Å²) in [5.41, 5.74) is 10.9. The summed E-state index contributed by atoms with van der Waals surface area (Å²) in [4.78, 5) is 15.2. The molecule has 5 aromatic carbocycles. The molecule has 4 nitrogen and oxygen atoms in total. The van der Waals surface area contributed by atoms with Gasteiger partial charge < -0.3 is 4.74 Å². The lowest BCUT2D eigenvalue weighted by Crippen LogP contribution is -2.33. The Balaban J connectivity index is 1.33. The van der Waals surface area contributed by atoms with Crippen molar-refractivity contribution in [2.75, 3.05) is 0 Å². The third kappa shape index (κ3) is 3.55. The molecule has 4 heteroatoms. The standard InChI is InChI=1S/C40H25N3O/c1-3-12-26(13-4-1)34-25-35(43-39(42-34)27-14-5-2-6-15-27)28-21-22-29-30-16-11-23-41-38(30)40(33(29)24-28)31-17-7-9-19-36(31)44-37-20-10-8-18-32(37)40/h1-25H. The van der Waals surface area contributed by atoms with Gasteiger partial charge in [-0.15, -0.1) is 0 Å². The zero-order valence-electron chi connectivity index (χ0n) is 23.7. The maximum absolute atomic E-state index is 6.49. The monoisotopic (exact) mass is 563 g/mol. The van der Waals surface area contributed by atoms with Gasteiger partial charge in [0.05, 0.1) is 22.5 Å². The number of nitrogens with zero attached hydrogens (tertiary/aromatic N) is 3. The molecule has 0 bridgehead atoms. The van der Waals surface area contributed by atoms with Crippen LogP contribution in [-0.4, -0.2) is 15.0 Å². The summed E-state index contributed by atoms with van der Waals surface area (Å²) in [6.07, 6.45) is 1.90. The fraction of sp³-hybridized carbons (Fsp3) is 0.0250. The fourth-order valence-corrected chi connectivity index (χ4v) is 6.91. The summed E-state index contributed by atoms with van der Waals surface area (Å²) in [7, 11) is 0. The van der Waals surface area contributed by atoms with Crippen molar-refractivity contribution in [1.29, 1.82) is 0 Å². The highest BCUT2D eigenvalue weighted by Crippen LogP contribution is 2.61. The number of fused-ring (bicyclic) bond motifs is 9. The third-order valence-corrected chi connectivity index (χ3v) is 8.80. The van der Waals surface area contributed by atoms with E-state index in [0.717, 1.165) is 62.0 Å². The molecule has 0 saturated heterocycles. The lowest BCUT2D eigenvalue weighted by Gasteiger charge is -2.38. The quantitative estimate of drug-likeness (QED) is 0.215. The van der Waals surface area contributed by atoms with Crippen LogP contribution in [0.25, 0.3) is 45.0 Å². The minimum absolute atomic E-state index is 0.634. The lowest BCUT2D eigenvalue weighted by atomic mass is 9.67. The van der Waals surface area contributed by atoms with Gasteiger partial charge in [-0.25, -0.2) is 9.97 Å². The van der Waals surface area contributed by atoms with Crippen LogP contribution in [0.1, 0.15) is 22.4 Å². The summed E-state index contributed by atoms with van der Waals surface area (Å²) < 4.78 is 6.49. The van der Waals surface area contributed by atoms with Crippen LogP contribution in [0.5, 0.6) is 11.5 Å². The molecule has 1 aliphatic carbocycles. The first-order chi connectivity index (χ1) is 21.8. The van der Waals surface area contributed by atoms with Gasteiger partial charge in [-0.05, 0) is 41.5 Å². The summed E-state index contributed by atoms with van der Waals surface area (Å²) in [5, 5.41) is 0. The molecule has 0 atom stereocenters. The highest BCUT2D eigenvalue weighted by Gasteiger charge is 2.52. The number of para-hydroxylation sites is 2. The smallest absolute Gasteiger partial charge is 0.160 e.